The zero-order valence-electron chi connectivity index (χ0n) is 9.11. The van der Waals surface area contributed by atoms with Crippen molar-refractivity contribution in [3.05, 3.63) is 28.7 Å². The number of nitrogens with one attached hydrogen (secondary N) is 1. The molecule has 0 radical (unpaired) electrons. The van der Waals surface area contributed by atoms with E-state index in [0.29, 0.717) is 12.8 Å². The van der Waals surface area contributed by atoms with Gasteiger partial charge in [0.25, 0.3) is 0 Å². The molecule has 0 heterocycles. The summed E-state index contributed by atoms with van der Waals surface area (Å²) in [5, 5.41) is 2.03. The summed E-state index contributed by atoms with van der Waals surface area (Å²) in [6, 6.07) is 7.17. The molecule has 0 saturated carbocycles. The average molecular weight is 317 g/mol. The van der Waals surface area contributed by atoms with E-state index >= 15 is 0 Å². The van der Waals surface area contributed by atoms with Gasteiger partial charge < -0.3 is 5.73 Å². The van der Waals surface area contributed by atoms with E-state index in [9.17, 15) is 9.59 Å². The van der Waals surface area contributed by atoms with Gasteiger partial charge in [0, 0.05) is 15.8 Å². The van der Waals surface area contributed by atoms with E-state index in [1.807, 2.05) is 29.6 Å². The number of halogens is 1. The molecule has 0 aliphatic carbocycles. The first kappa shape index (κ1) is 14.1. The van der Waals surface area contributed by atoms with E-state index in [2.05, 4.69) is 15.9 Å². The molecule has 1 aromatic rings. The standard InChI is InChI=1S/C11H13BrN2O2S/c12-8-3-1-4-9(7-8)17-6-2-5-10(15)14-11(13)16/h1,3-4,7H,2,5-6H2,(H3,13,14,15,16). The van der Waals surface area contributed by atoms with Gasteiger partial charge in [-0.1, -0.05) is 22.0 Å². The summed E-state index contributed by atoms with van der Waals surface area (Å²) in [4.78, 5) is 22.6. The SMILES string of the molecule is NC(=O)NC(=O)CCCSc1cccc(Br)c1. The minimum absolute atomic E-state index is 0.309. The van der Waals surface area contributed by atoms with Crippen molar-refractivity contribution in [1.82, 2.24) is 5.32 Å². The lowest BCUT2D eigenvalue weighted by Crippen LogP contribution is -2.34. The average Bonchev–Trinajstić information content (AvgIpc) is 2.23. The summed E-state index contributed by atoms with van der Waals surface area (Å²) in [5.74, 6) is 0.496. The van der Waals surface area contributed by atoms with Gasteiger partial charge in [-0.05, 0) is 30.4 Å². The topological polar surface area (TPSA) is 72.2 Å². The highest BCUT2D eigenvalue weighted by Gasteiger charge is 2.03. The van der Waals surface area contributed by atoms with Gasteiger partial charge in [-0.2, -0.15) is 0 Å². The van der Waals surface area contributed by atoms with Crippen LogP contribution in [0, 0.1) is 0 Å². The molecule has 6 heteroatoms. The predicted molar refractivity (Wildman–Crippen MR) is 71.8 cm³/mol. The molecule has 0 fully saturated rings. The number of primary amides is 1. The molecule has 1 aromatic carbocycles. The molecule has 4 nitrogen and oxygen atoms in total. The number of nitrogens with two attached hydrogens (primary N) is 1. The van der Waals surface area contributed by atoms with Gasteiger partial charge >= 0.3 is 6.03 Å². The van der Waals surface area contributed by atoms with Crippen LogP contribution in [0.5, 0.6) is 0 Å². The molecule has 92 valence electrons. The number of carbonyl (C=O) groups excluding carboxylic acids is 2. The van der Waals surface area contributed by atoms with E-state index in [0.717, 1.165) is 15.1 Å². The lowest BCUT2D eigenvalue weighted by Gasteiger charge is -2.02. The van der Waals surface area contributed by atoms with Crippen LogP contribution in [-0.4, -0.2) is 17.7 Å². The molecule has 0 aromatic heterocycles. The maximum Gasteiger partial charge on any atom is 0.318 e. The van der Waals surface area contributed by atoms with E-state index in [1.54, 1.807) is 11.8 Å². The highest BCUT2D eigenvalue weighted by atomic mass is 79.9. The van der Waals surface area contributed by atoms with Gasteiger partial charge in [-0.25, -0.2) is 4.79 Å². The summed E-state index contributed by atoms with van der Waals surface area (Å²) in [6.07, 6.45) is 1.01. The molecule has 17 heavy (non-hydrogen) atoms. The van der Waals surface area contributed by atoms with Crippen molar-refractivity contribution in [2.45, 2.75) is 17.7 Å². The van der Waals surface area contributed by atoms with Crippen molar-refractivity contribution in [2.24, 2.45) is 5.73 Å². The van der Waals surface area contributed by atoms with E-state index < -0.39 is 6.03 Å². The first-order chi connectivity index (χ1) is 8.08. The number of rotatable bonds is 5. The van der Waals surface area contributed by atoms with Gasteiger partial charge in [0.1, 0.15) is 0 Å². The summed E-state index contributed by atoms with van der Waals surface area (Å²) in [5.41, 5.74) is 4.82. The summed E-state index contributed by atoms with van der Waals surface area (Å²) < 4.78 is 1.04. The van der Waals surface area contributed by atoms with Crippen LogP contribution < -0.4 is 11.1 Å². The number of hydrogen-bond acceptors (Lipinski definition) is 3. The fraction of sp³-hybridized carbons (Fsp3) is 0.273. The van der Waals surface area contributed by atoms with Crippen LogP contribution in [0.15, 0.2) is 33.6 Å². The van der Waals surface area contributed by atoms with Crippen molar-refractivity contribution in [1.29, 1.82) is 0 Å². The quantitative estimate of drug-likeness (QED) is 0.647. The molecule has 0 atom stereocenters. The highest BCUT2D eigenvalue weighted by molar-refractivity contribution is 9.10. The van der Waals surface area contributed by atoms with Crippen LogP contribution in [0.2, 0.25) is 0 Å². The monoisotopic (exact) mass is 316 g/mol. The number of urea groups is 1. The van der Waals surface area contributed by atoms with Crippen LogP contribution >= 0.6 is 27.7 Å². The first-order valence-electron chi connectivity index (χ1n) is 5.05. The van der Waals surface area contributed by atoms with Gasteiger partial charge in [-0.15, -0.1) is 11.8 Å². The Hall–Kier alpha value is -1.01. The Labute approximate surface area is 112 Å². The molecule has 0 saturated heterocycles. The Morgan fingerprint density at radius 3 is 2.82 bits per heavy atom. The zero-order chi connectivity index (χ0) is 12.7. The second-order valence-electron chi connectivity index (χ2n) is 3.32. The van der Waals surface area contributed by atoms with Gasteiger partial charge in [-0.3, -0.25) is 10.1 Å². The first-order valence-corrected chi connectivity index (χ1v) is 6.83. The Kier molecular flexibility index (Phi) is 6.07. The van der Waals surface area contributed by atoms with E-state index in [4.69, 9.17) is 5.73 Å². The fourth-order valence-electron chi connectivity index (χ4n) is 1.18. The Balaban J connectivity index is 2.20. The highest BCUT2D eigenvalue weighted by Crippen LogP contribution is 2.22. The van der Waals surface area contributed by atoms with Gasteiger partial charge in [0.15, 0.2) is 0 Å². The predicted octanol–water partition coefficient (Wildman–Crippen LogP) is 2.52. The smallest absolute Gasteiger partial charge is 0.318 e. The van der Waals surface area contributed by atoms with Crippen molar-refractivity contribution in [2.75, 3.05) is 5.75 Å². The maximum absolute atomic E-state index is 11.1. The molecule has 0 spiro atoms. The Morgan fingerprint density at radius 1 is 1.41 bits per heavy atom. The van der Waals surface area contributed by atoms with Crippen LogP contribution in [0.1, 0.15) is 12.8 Å². The van der Waals surface area contributed by atoms with Crippen LogP contribution in [-0.2, 0) is 4.79 Å². The lowest BCUT2D eigenvalue weighted by atomic mass is 10.3. The van der Waals surface area contributed by atoms with Crippen LogP contribution in [0.25, 0.3) is 0 Å². The molecule has 0 aliphatic heterocycles. The molecule has 0 aliphatic rings. The van der Waals surface area contributed by atoms with Crippen molar-refractivity contribution >= 4 is 39.6 Å². The lowest BCUT2D eigenvalue weighted by molar-refractivity contribution is -0.119. The van der Waals surface area contributed by atoms with E-state index in [1.165, 1.54) is 0 Å². The zero-order valence-corrected chi connectivity index (χ0v) is 11.5. The third-order valence-electron chi connectivity index (χ3n) is 1.88. The molecule has 3 N–H and O–H groups in total. The normalized spacial score (nSPS) is 9.94. The summed E-state index contributed by atoms with van der Waals surface area (Å²) >= 11 is 5.06. The number of carbonyl (C=O) groups is 2. The number of thioether (sulfide) groups is 1. The Morgan fingerprint density at radius 2 is 2.18 bits per heavy atom. The molecular formula is C11H13BrN2O2S. The van der Waals surface area contributed by atoms with E-state index in [-0.39, 0.29) is 5.91 Å². The second-order valence-corrected chi connectivity index (χ2v) is 5.41. The number of benzene rings is 1. The van der Waals surface area contributed by atoms with Crippen molar-refractivity contribution in [3.8, 4) is 0 Å². The number of imide groups is 1. The summed E-state index contributed by atoms with van der Waals surface area (Å²) in [6.45, 7) is 0. The van der Waals surface area contributed by atoms with Crippen LogP contribution in [0.3, 0.4) is 0 Å². The second kappa shape index (κ2) is 7.34. The third-order valence-corrected chi connectivity index (χ3v) is 3.45. The maximum atomic E-state index is 11.1. The minimum atomic E-state index is -0.797. The molecule has 0 bridgehead atoms. The fourth-order valence-corrected chi connectivity index (χ4v) is 2.64. The third kappa shape index (κ3) is 6.33. The van der Waals surface area contributed by atoms with Crippen molar-refractivity contribution in [3.63, 3.8) is 0 Å². The summed E-state index contributed by atoms with van der Waals surface area (Å²) in [7, 11) is 0. The van der Waals surface area contributed by atoms with Gasteiger partial charge in [0.2, 0.25) is 5.91 Å². The minimum Gasteiger partial charge on any atom is -0.351 e. The van der Waals surface area contributed by atoms with Gasteiger partial charge in [0.05, 0.1) is 0 Å². The largest absolute Gasteiger partial charge is 0.351 e. The Bertz CT molecular complexity index is 412. The number of amides is 3. The van der Waals surface area contributed by atoms with Crippen molar-refractivity contribution < 1.29 is 9.59 Å². The van der Waals surface area contributed by atoms with Crippen LogP contribution in [0.4, 0.5) is 4.79 Å². The molecule has 0 unspecified atom stereocenters. The number of hydrogen-bond donors (Lipinski definition) is 2. The molecule has 1 rings (SSSR count). The molecule has 3 amide bonds. The molecular weight excluding hydrogens is 304 g/mol.